The zero-order chi connectivity index (χ0) is 16.1. The number of carboxylic acids is 1. The molecule has 0 saturated heterocycles. The molecule has 0 saturated carbocycles. The summed E-state index contributed by atoms with van der Waals surface area (Å²) in [6, 6.07) is 10.5. The van der Waals surface area contributed by atoms with Gasteiger partial charge in [0.05, 0.1) is 0 Å². The Morgan fingerprint density at radius 1 is 1.09 bits per heavy atom. The maximum atomic E-state index is 11.9. The molecule has 0 aliphatic rings. The molecule has 0 bridgehead atoms. The van der Waals surface area contributed by atoms with Gasteiger partial charge in [-0.25, -0.2) is 4.79 Å². The molecule has 22 heavy (non-hydrogen) atoms. The van der Waals surface area contributed by atoms with Crippen LogP contribution in [0.2, 0.25) is 5.02 Å². The molecule has 0 heterocycles. The quantitative estimate of drug-likeness (QED) is 0.580. The minimum atomic E-state index is -1.21. The Hall–Kier alpha value is -2.79. The van der Waals surface area contributed by atoms with E-state index in [2.05, 4.69) is 5.32 Å². The molecule has 0 aliphatic carbocycles. The van der Waals surface area contributed by atoms with Gasteiger partial charge in [0.15, 0.2) is 5.78 Å². The highest BCUT2D eigenvalue weighted by atomic mass is 35.5. The van der Waals surface area contributed by atoms with Gasteiger partial charge in [-0.3, -0.25) is 4.79 Å². The number of halogens is 1. The van der Waals surface area contributed by atoms with Crippen molar-refractivity contribution in [1.29, 1.82) is 0 Å². The van der Waals surface area contributed by atoms with Crippen LogP contribution in [-0.4, -0.2) is 22.0 Å². The summed E-state index contributed by atoms with van der Waals surface area (Å²) in [7, 11) is 0. The molecule has 2 rings (SSSR count). The Labute approximate surface area is 131 Å². The highest BCUT2D eigenvalue weighted by Crippen LogP contribution is 2.21. The summed E-state index contributed by atoms with van der Waals surface area (Å²) in [5.41, 5.74) is 0.765. The van der Waals surface area contributed by atoms with E-state index in [1.54, 1.807) is 24.3 Å². The van der Waals surface area contributed by atoms with E-state index in [1.807, 2.05) is 0 Å². The lowest BCUT2D eigenvalue weighted by atomic mass is 10.1. The number of carboxylic acid groups (broad SMARTS) is 1. The van der Waals surface area contributed by atoms with Gasteiger partial charge in [0.25, 0.3) is 0 Å². The van der Waals surface area contributed by atoms with E-state index >= 15 is 0 Å². The third-order valence-electron chi connectivity index (χ3n) is 2.84. The summed E-state index contributed by atoms with van der Waals surface area (Å²) in [5, 5.41) is 21.7. The second kappa shape index (κ2) is 6.78. The number of rotatable bonds is 5. The van der Waals surface area contributed by atoms with Crippen molar-refractivity contribution in [2.45, 2.75) is 0 Å². The predicted octanol–water partition coefficient (Wildman–Crippen LogP) is 3.55. The van der Waals surface area contributed by atoms with Crippen LogP contribution < -0.4 is 5.32 Å². The summed E-state index contributed by atoms with van der Waals surface area (Å²) in [5.74, 6) is -1.78. The summed E-state index contributed by atoms with van der Waals surface area (Å²) in [6.45, 7) is 0. The number of phenols is 1. The number of anilines is 1. The van der Waals surface area contributed by atoms with Crippen molar-refractivity contribution in [1.82, 2.24) is 0 Å². The van der Waals surface area contributed by atoms with Gasteiger partial charge in [-0.15, -0.1) is 0 Å². The fourth-order valence-electron chi connectivity index (χ4n) is 1.73. The largest absolute Gasteiger partial charge is 0.507 e. The third kappa shape index (κ3) is 3.86. The number of nitrogens with one attached hydrogen (secondary N) is 1. The van der Waals surface area contributed by atoms with Crippen LogP contribution in [0.4, 0.5) is 5.69 Å². The van der Waals surface area contributed by atoms with Crippen molar-refractivity contribution in [2.24, 2.45) is 0 Å². The molecule has 0 fully saturated rings. The molecule has 0 aliphatic heterocycles. The number of carbonyl (C=O) groups is 2. The topological polar surface area (TPSA) is 86.6 Å². The maximum Gasteiger partial charge on any atom is 0.339 e. The van der Waals surface area contributed by atoms with Gasteiger partial charge in [0, 0.05) is 34.6 Å². The van der Waals surface area contributed by atoms with Gasteiger partial charge < -0.3 is 15.5 Å². The molecule has 5 nitrogen and oxygen atoms in total. The summed E-state index contributed by atoms with van der Waals surface area (Å²) >= 11 is 5.74. The van der Waals surface area contributed by atoms with Crippen LogP contribution in [0.1, 0.15) is 20.7 Å². The van der Waals surface area contributed by atoms with Gasteiger partial charge in [-0.2, -0.15) is 0 Å². The van der Waals surface area contributed by atoms with E-state index in [0.717, 1.165) is 0 Å². The Bertz CT molecular complexity index is 738. The molecule has 0 atom stereocenters. The average Bonchev–Trinajstić information content (AvgIpc) is 2.47. The molecule has 0 radical (unpaired) electrons. The first-order valence-corrected chi connectivity index (χ1v) is 6.64. The molecule has 0 spiro atoms. The van der Waals surface area contributed by atoms with Gasteiger partial charge in [0.2, 0.25) is 0 Å². The average molecular weight is 318 g/mol. The van der Waals surface area contributed by atoms with Crippen molar-refractivity contribution < 1.29 is 19.8 Å². The second-order valence-electron chi connectivity index (χ2n) is 4.39. The molecular formula is C16H12ClNO4. The number of hydrogen-bond donors (Lipinski definition) is 3. The summed E-state index contributed by atoms with van der Waals surface area (Å²) in [4.78, 5) is 22.6. The SMILES string of the molecule is O=C(/C=C/Nc1ccc(C(=O)O)c(O)c1)c1ccc(Cl)cc1. The van der Waals surface area contributed by atoms with Crippen LogP contribution in [0.3, 0.4) is 0 Å². The Morgan fingerprint density at radius 2 is 1.77 bits per heavy atom. The van der Waals surface area contributed by atoms with E-state index in [-0.39, 0.29) is 17.1 Å². The smallest absolute Gasteiger partial charge is 0.339 e. The van der Waals surface area contributed by atoms with E-state index < -0.39 is 5.97 Å². The van der Waals surface area contributed by atoms with Gasteiger partial charge in [-0.05, 0) is 36.4 Å². The van der Waals surface area contributed by atoms with Crippen LogP contribution >= 0.6 is 11.6 Å². The van der Waals surface area contributed by atoms with E-state index in [4.69, 9.17) is 16.7 Å². The van der Waals surface area contributed by atoms with Crippen LogP contribution in [-0.2, 0) is 0 Å². The van der Waals surface area contributed by atoms with Crippen molar-refractivity contribution in [3.05, 3.63) is 70.9 Å². The molecule has 0 unspecified atom stereocenters. The predicted molar refractivity (Wildman–Crippen MR) is 83.6 cm³/mol. The molecule has 6 heteroatoms. The van der Waals surface area contributed by atoms with Crippen LogP contribution in [0, 0.1) is 0 Å². The van der Waals surface area contributed by atoms with Crippen molar-refractivity contribution in [2.75, 3.05) is 5.32 Å². The molecule has 112 valence electrons. The van der Waals surface area contributed by atoms with Crippen molar-refractivity contribution in [3.63, 3.8) is 0 Å². The molecule has 0 aromatic heterocycles. The number of carbonyl (C=O) groups excluding carboxylic acids is 1. The minimum Gasteiger partial charge on any atom is -0.507 e. The zero-order valence-electron chi connectivity index (χ0n) is 11.3. The molecule has 3 N–H and O–H groups in total. The minimum absolute atomic E-state index is 0.188. The lowest BCUT2D eigenvalue weighted by Gasteiger charge is -2.04. The van der Waals surface area contributed by atoms with Crippen LogP contribution in [0.25, 0.3) is 0 Å². The highest BCUT2D eigenvalue weighted by Gasteiger charge is 2.09. The molecule has 2 aromatic carbocycles. The normalized spacial score (nSPS) is 10.6. The first-order valence-electron chi connectivity index (χ1n) is 6.26. The Balaban J connectivity index is 2.03. The lowest BCUT2D eigenvalue weighted by molar-refractivity contribution is 0.0693. The monoisotopic (exact) mass is 317 g/mol. The summed E-state index contributed by atoms with van der Waals surface area (Å²) in [6.07, 6.45) is 2.73. The van der Waals surface area contributed by atoms with Gasteiger partial charge in [0.1, 0.15) is 11.3 Å². The number of aromatic carboxylic acids is 1. The van der Waals surface area contributed by atoms with E-state index in [9.17, 15) is 14.7 Å². The number of ketones is 1. The Morgan fingerprint density at radius 3 is 2.36 bits per heavy atom. The second-order valence-corrected chi connectivity index (χ2v) is 4.82. The summed E-state index contributed by atoms with van der Waals surface area (Å²) < 4.78 is 0. The standard InChI is InChI=1S/C16H12ClNO4/c17-11-3-1-10(2-4-11)14(19)7-8-18-12-5-6-13(16(21)22)15(20)9-12/h1-9,18,20H,(H,21,22)/b8-7+. The van der Waals surface area contributed by atoms with Crippen LogP contribution in [0.5, 0.6) is 5.75 Å². The molecular weight excluding hydrogens is 306 g/mol. The van der Waals surface area contributed by atoms with Crippen molar-refractivity contribution in [3.8, 4) is 5.75 Å². The Kier molecular flexibility index (Phi) is 4.80. The molecule has 0 amide bonds. The number of benzene rings is 2. The zero-order valence-corrected chi connectivity index (χ0v) is 12.0. The fraction of sp³-hybridized carbons (Fsp3) is 0. The van der Waals surface area contributed by atoms with Crippen molar-refractivity contribution >= 4 is 29.0 Å². The first kappa shape index (κ1) is 15.6. The number of allylic oxidation sites excluding steroid dienone is 1. The molecule has 2 aromatic rings. The third-order valence-corrected chi connectivity index (χ3v) is 3.09. The number of hydrogen-bond acceptors (Lipinski definition) is 4. The van der Waals surface area contributed by atoms with Gasteiger partial charge >= 0.3 is 5.97 Å². The van der Waals surface area contributed by atoms with E-state index in [0.29, 0.717) is 16.3 Å². The highest BCUT2D eigenvalue weighted by molar-refractivity contribution is 6.30. The first-order chi connectivity index (χ1) is 10.5. The lowest BCUT2D eigenvalue weighted by Crippen LogP contribution is -1.98. The fourth-order valence-corrected chi connectivity index (χ4v) is 1.85. The van der Waals surface area contributed by atoms with Gasteiger partial charge in [-0.1, -0.05) is 11.6 Å². The number of aromatic hydroxyl groups is 1. The van der Waals surface area contributed by atoms with E-state index in [1.165, 1.54) is 30.5 Å². The maximum absolute atomic E-state index is 11.9. The van der Waals surface area contributed by atoms with Crippen LogP contribution in [0.15, 0.2) is 54.7 Å².